The highest BCUT2D eigenvalue weighted by Crippen LogP contribution is 2.29. The Morgan fingerprint density at radius 2 is 1.60 bits per heavy atom. The third-order valence-corrected chi connectivity index (χ3v) is 2.94. The van der Waals surface area contributed by atoms with Crippen LogP contribution in [0.4, 0.5) is 0 Å². The Labute approximate surface area is 123 Å². The number of aryl methyl sites for hydroxylation is 1. The van der Waals surface area contributed by atoms with Crippen LogP contribution >= 0.6 is 0 Å². The van der Waals surface area contributed by atoms with Gasteiger partial charge in [0.25, 0.3) is 0 Å². The van der Waals surface area contributed by atoms with Gasteiger partial charge in [-0.05, 0) is 30.5 Å². The van der Waals surface area contributed by atoms with E-state index in [9.17, 15) is 0 Å². The zero-order valence-corrected chi connectivity index (χ0v) is 12.3. The lowest BCUT2D eigenvalue weighted by Crippen LogP contribution is -2.00. The lowest BCUT2D eigenvalue weighted by atomic mass is 10.1. The van der Waals surface area contributed by atoms with Crippen LogP contribution in [0.3, 0.4) is 0 Å². The molecule has 20 heavy (non-hydrogen) atoms. The predicted molar refractivity (Wildman–Crippen MR) is 85.4 cm³/mol. The molecule has 0 unspecified atom stereocenters. The van der Waals surface area contributed by atoms with Crippen LogP contribution in [-0.2, 0) is 6.42 Å². The van der Waals surface area contributed by atoms with Gasteiger partial charge in [-0.3, -0.25) is 0 Å². The average molecular weight is 273 g/mol. The molecule has 0 amide bonds. The summed E-state index contributed by atoms with van der Waals surface area (Å²) in [7, 11) is 0. The normalized spacial score (nSPS) is 10.1. The fourth-order valence-corrected chi connectivity index (χ4v) is 1.92. The van der Waals surface area contributed by atoms with Gasteiger partial charge in [0.1, 0.15) is 13.2 Å². The minimum absolute atomic E-state index is 0.479. The summed E-state index contributed by atoms with van der Waals surface area (Å²) >= 11 is 0. The highest BCUT2D eigenvalue weighted by molar-refractivity contribution is 5.43. The molecule has 2 nitrogen and oxygen atoms in total. The summed E-state index contributed by atoms with van der Waals surface area (Å²) in [6.45, 7) is 12.2. The average Bonchev–Trinajstić information content (AvgIpc) is 2.48. The number of rotatable bonds is 11. The first-order valence-electron chi connectivity index (χ1n) is 7.21. The van der Waals surface area contributed by atoms with Crippen molar-refractivity contribution in [3.8, 4) is 11.5 Å². The van der Waals surface area contributed by atoms with Crippen molar-refractivity contribution in [1.29, 1.82) is 0 Å². The van der Waals surface area contributed by atoms with Gasteiger partial charge in [0, 0.05) is 0 Å². The smallest absolute Gasteiger partial charge is 0.161 e. The van der Waals surface area contributed by atoms with E-state index < -0.39 is 0 Å². The SMILES string of the molecule is [CH2]CCCCCc1ccc(OCC=C)c(OCC=C)c1. The van der Waals surface area contributed by atoms with Gasteiger partial charge in [0.15, 0.2) is 11.5 Å². The molecular weight excluding hydrogens is 248 g/mol. The molecule has 0 spiro atoms. The predicted octanol–water partition coefficient (Wildman–Crippen LogP) is 4.75. The molecule has 0 saturated heterocycles. The number of hydrogen-bond donors (Lipinski definition) is 0. The van der Waals surface area contributed by atoms with E-state index in [-0.39, 0.29) is 0 Å². The molecule has 0 aliphatic rings. The lowest BCUT2D eigenvalue weighted by molar-refractivity contribution is 0.308. The van der Waals surface area contributed by atoms with E-state index in [4.69, 9.17) is 9.47 Å². The Morgan fingerprint density at radius 3 is 2.25 bits per heavy atom. The van der Waals surface area contributed by atoms with Crippen LogP contribution in [0.2, 0.25) is 0 Å². The van der Waals surface area contributed by atoms with Gasteiger partial charge in [-0.15, -0.1) is 0 Å². The van der Waals surface area contributed by atoms with Crippen LogP contribution < -0.4 is 9.47 Å². The molecule has 1 rings (SSSR count). The van der Waals surface area contributed by atoms with Crippen molar-refractivity contribution in [2.45, 2.75) is 32.1 Å². The first-order chi connectivity index (χ1) is 9.81. The standard InChI is InChI=1S/C18H25O2/c1-4-7-8-9-10-16-11-12-17(19-13-5-2)18(15-16)20-14-6-3/h5-6,11-12,15H,1-4,7-10,13-14H2. The molecule has 1 radical (unpaired) electrons. The van der Waals surface area contributed by atoms with Gasteiger partial charge >= 0.3 is 0 Å². The van der Waals surface area contributed by atoms with Gasteiger partial charge in [0.2, 0.25) is 0 Å². The van der Waals surface area contributed by atoms with Crippen molar-refractivity contribution in [3.05, 3.63) is 56.0 Å². The van der Waals surface area contributed by atoms with Crippen molar-refractivity contribution in [2.24, 2.45) is 0 Å². The second kappa shape index (κ2) is 10.1. The second-order valence-corrected chi connectivity index (χ2v) is 4.64. The Hall–Kier alpha value is -1.70. The van der Waals surface area contributed by atoms with Crippen molar-refractivity contribution in [1.82, 2.24) is 0 Å². The Kier molecular flexibility index (Phi) is 8.28. The van der Waals surface area contributed by atoms with Crippen molar-refractivity contribution >= 4 is 0 Å². The van der Waals surface area contributed by atoms with Crippen molar-refractivity contribution in [3.63, 3.8) is 0 Å². The van der Waals surface area contributed by atoms with Gasteiger partial charge in [-0.1, -0.05) is 57.6 Å². The molecule has 0 aliphatic carbocycles. The number of ether oxygens (including phenoxy) is 2. The summed E-state index contributed by atoms with van der Waals surface area (Å²) in [6.07, 6.45) is 9.14. The summed E-state index contributed by atoms with van der Waals surface area (Å²) in [5.74, 6) is 1.54. The molecule has 0 heterocycles. The molecule has 0 aromatic heterocycles. The minimum Gasteiger partial charge on any atom is -0.486 e. The molecule has 0 atom stereocenters. The molecule has 1 aromatic rings. The van der Waals surface area contributed by atoms with Crippen LogP contribution in [0.1, 0.15) is 31.2 Å². The number of hydrogen-bond acceptors (Lipinski definition) is 2. The molecule has 109 valence electrons. The molecule has 0 saturated carbocycles. The first-order valence-corrected chi connectivity index (χ1v) is 7.21. The fraction of sp³-hybridized carbons (Fsp3) is 0.389. The highest BCUT2D eigenvalue weighted by atomic mass is 16.5. The summed E-state index contributed by atoms with van der Waals surface area (Å²) in [5, 5.41) is 0. The molecule has 1 aromatic carbocycles. The van der Waals surface area contributed by atoms with E-state index in [0.717, 1.165) is 24.3 Å². The number of unbranched alkanes of at least 4 members (excludes halogenated alkanes) is 3. The van der Waals surface area contributed by atoms with E-state index in [1.807, 2.05) is 6.07 Å². The second-order valence-electron chi connectivity index (χ2n) is 4.64. The summed E-state index contributed by atoms with van der Waals surface area (Å²) in [6, 6.07) is 6.13. The van der Waals surface area contributed by atoms with Gasteiger partial charge in [-0.25, -0.2) is 0 Å². The molecular formula is C18H25O2. The van der Waals surface area contributed by atoms with E-state index in [2.05, 4.69) is 32.2 Å². The minimum atomic E-state index is 0.479. The summed E-state index contributed by atoms with van der Waals surface area (Å²) in [4.78, 5) is 0. The lowest BCUT2D eigenvalue weighted by Gasteiger charge is -2.12. The van der Waals surface area contributed by atoms with Crippen molar-refractivity contribution < 1.29 is 9.47 Å². The zero-order valence-electron chi connectivity index (χ0n) is 12.3. The quantitative estimate of drug-likeness (QED) is 0.428. The Bertz CT molecular complexity index is 410. The molecule has 0 bridgehead atoms. The summed E-state index contributed by atoms with van der Waals surface area (Å²) in [5.41, 5.74) is 1.28. The summed E-state index contributed by atoms with van der Waals surface area (Å²) < 4.78 is 11.3. The monoisotopic (exact) mass is 273 g/mol. The largest absolute Gasteiger partial charge is 0.486 e. The van der Waals surface area contributed by atoms with E-state index >= 15 is 0 Å². The van der Waals surface area contributed by atoms with Crippen LogP contribution in [-0.4, -0.2) is 13.2 Å². The fourth-order valence-electron chi connectivity index (χ4n) is 1.92. The Balaban J connectivity index is 2.67. The maximum Gasteiger partial charge on any atom is 0.161 e. The van der Waals surface area contributed by atoms with Gasteiger partial charge in [-0.2, -0.15) is 0 Å². The van der Waals surface area contributed by atoms with E-state index in [1.54, 1.807) is 12.2 Å². The van der Waals surface area contributed by atoms with E-state index in [0.29, 0.717) is 13.2 Å². The third-order valence-electron chi connectivity index (χ3n) is 2.94. The van der Waals surface area contributed by atoms with Crippen LogP contribution in [0.15, 0.2) is 43.5 Å². The Morgan fingerprint density at radius 1 is 0.900 bits per heavy atom. The maximum absolute atomic E-state index is 5.66. The van der Waals surface area contributed by atoms with Gasteiger partial charge in [0.05, 0.1) is 0 Å². The highest BCUT2D eigenvalue weighted by Gasteiger charge is 2.06. The van der Waals surface area contributed by atoms with Crippen molar-refractivity contribution in [2.75, 3.05) is 13.2 Å². The topological polar surface area (TPSA) is 18.5 Å². The zero-order chi connectivity index (χ0) is 14.6. The van der Waals surface area contributed by atoms with E-state index in [1.165, 1.54) is 24.8 Å². The third kappa shape index (κ3) is 5.96. The molecule has 0 fully saturated rings. The van der Waals surface area contributed by atoms with Crippen LogP contribution in [0, 0.1) is 6.92 Å². The van der Waals surface area contributed by atoms with Crippen LogP contribution in [0.5, 0.6) is 11.5 Å². The molecule has 0 aliphatic heterocycles. The molecule has 0 N–H and O–H groups in total. The maximum atomic E-state index is 5.66. The molecule has 2 heteroatoms. The number of benzene rings is 1. The first kappa shape index (κ1) is 16.4. The van der Waals surface area contributed by atoms with Gasteiger partial charge < -0.3 is 9.47 Å². The van der Waals surface area contributed by atoms with Crippen LogP contribution in [0.25, 0.3) is 0 Å².